The molecule has 2 heterocycles. The maximum Gasteiger partial charge on any atom is 0.281 e. The van der Waals surface area contributed by atoms with Crippen LogP contribution in [0.2, 0.25) is 0 Å². The Kier molecular flexibility index (Phi) is 2.83. The number of aliphatic imine (C=N–C) groups is 1. The molecule has 0 saturated heterocycles. The van der Waals surface area contributed by atoms with Crippen LogP contribution in [0.15, 0.2) is 33.4 Å². The smallest absolute Gasteiger partial charge is 0.247 e. The molecule has 1 aliphatic rings. The molecule has 0 aromatic carbocycles. The summed E-state index contributed by atoms with van der Waals surface area (Å²) in [7, 11) is 3.95. The lowest BCUT2D eigenvalue weighted by Gasteiger charge is -1.99. The van der Waals surface area contributed by atoms with E-state index in [-0.39, 0.29) is 0 Å². The van der Waals surface area contributed by atoms with Gasteiger partial charge < -0.3 is 0 Å². The van der Waals surface area contributed by atoms with Crippen LogP contribution in [0.4, 0.5) is 0 Å². The molecule has 0 radical (unpaired) electrons. The van der Waals surface area contributed by atoms with E-state index in [0.29, 0.717) is 0 Å². The van der Waals surface area contributed by atoms with E-state index < -0.39 is 0 Å². The molecule has 0 atom stereocenters. The quantitative estimate of drug-likeness (QED) is 0.416. The van der Waals surface area contributed by atoms with Gasteiger partial charge in [-0.3, -0.25) is 0 Å². The Balaban J connectivity index is 2.60. The second kappa shape index (κ2) is 4.12. The monoisotopic (exact) mass is 314 g/mol. The molecular formula is C10H11IN4+2. The van der Waals surface area contributed by atoms with Crippen molar-refractivity contribution < 1.29 is 9.26 Å². The molecule has 0 aliphatic carbocycles. The molecule has 2 rings (SSSR count). The number of allylic oxidation sites excluding steroid dienone is 1. The van der Waals surface area contributed by atoms with Crippen LogP contribution in [0, 0.1) is 0 Å². The predicted octanol–water partition coefficient (Wildman–Crippen LogP) is 0.784. The highest BCUT2D eigenvalue weighted by molar-refractivity contribution is 14.1. The van der Waals surface area contributed by atoms with E-state index in [2.05, 4.69) is 33.5 Å². The van der Waals surface area contributed by atoms with E-state index in [0.717, 1.165) is 9.40 Å². The second-order valence-electron chi connectivity index (χ2n) is 3.18. The Labute approximate surface area is 102 Å². The van der Waals surface area contributed by atoms with Crippen LogP contribution in [0.1, 0.15) is 0 Å². The lowest BCUT2D eigenvalue weighted by Crippen LogP contribution is -2.38. The van der Waals surface area contributed by atoms with Gasteiger partial charge in [-0.1, -0.05) is 0 Å². The first-order valence-electron chi connectivity index (χ1n) is 4.48. The van der Waals surface area contributed by atoms with Crippen molar-refractivity contribution in [1.82, 2.24) is 4.68 Å². The first-order chi connectivity index (χ1) is 7.20. The number of halogens is 1. The van der Waals surface area contributed by atoms with Crippen LogP contribution < -0.4 is 4.68 Å². The summed E-state index contributed by atoms with van der Waals surface area (Å²) in [5.74, 6) is 3.03. The Morgan fingerprint density at radius 1 is 1.47 bits per heavy atom. The van der Waals surface area contributed by atoms with E-state index in [1.54, 1.807) is 6.20 Å². The van der Waals surface area contributed by atoms with Gasteiger partial charge in [0.05, 0.1) is 12.4 Å². The Hall–Kier alpha value is -1.20. The highest BCUT2D eigenvalue weighted by Gasteiger charge is 2.18. The lowest BCUT2D eigenvalue weighted by atomic mass is 10.5. The summed E-state index contributed by atoms with van der Waals surface area (Å²) in [5.41, 5.74) is 1.03. The van der Waals surface area contributed by atoms with Crippen molar-refractivity contribution in [2.45, 2.75) is 0 Å². The highest BCUT2D eigenvalue weighted by atomic mass is 127. The van der Waals surface area contributed by atoms with E-state index in [4.69, 9.17) is 0 Å². The van der Waals surface area contributed by atoms with E-state index in [9.17, 15) is 0 Å². The lowest BCUT2D eigenvalue weighted by molar-refractivity contribution is -0.742. The van der Waals surface area contributed by atoms with Crippen molar-refractivity contribution in [3.8, 4) is 0 Å². The van der Waals surface area contributed by atoms with E-state index in [1.807, 2.05) is 52.7 Å². The van der Waals surface area contributed by atoms with Crippen LogP contribution >= 0.6 is 22.6 Å². The topological polar surface area (TPSA) is 24.2 Å². The maximum atomic E-state index is 4.15. The molecule has 76 valence electrons. The van der Waals surface area contributed by atoms with E-state index in [1.165, 1.54) is 0 Å². The third-order valence-corrected chi connectivity index (χ3v) is 3.42. The normalized spacial score (nSPS) is 15.5. The summed E-state index contributed by atoms with van der Waals surface area (Å²) in [4.78, 5) is 4.15. The van der Waals surface area contributed by atoms with Crippen LogP contribution in [-0.4, -0.2) is 28.4 Å². The first kappa shape index (κ1) is 10.3. The molecule has 1 aromatic rings. The minimum atomic E-state index is 1.03. The third kappa shape index (κ3) is 1.93. The van der Waals surface area contributed by atoms with Gasteiger partial charge in [0.1, 0.15) is 13.2 Å². The molecule has 1 aromatic heterocycles. The Bertz CT molecular complexity index is 515. The van der Waals surface area contributed by atoms with Gasteiger partial charge in [0.25, 0.3) is 3.70 Å². The fourth-order valence-corrected chi connectivity index (χ4v) is 1.86. The Morgan fingerprint density at radius 2 is 2.27 bits per heavy atom. The zero-order valence-corrected chi connectivity index (χ0v) is 10.7. The molecule has 5 heteroatoms. The molecule has 15 heavy (non-hydrogen) atoms. The molecule has 0 unspecified atom stereocenters. The van der Waals surface area contributed by atoms with Crippen molar-refractivity contribution in [3.05, 3.63) is 28.4 Å². The Morgan fingerprint density at radius 3 is 2.93 bits per heavy atom. The molecule has 0 spiro atoms. The number of hydrogen-bond donors (Lipinski definition) is 0. The van der Waals surface area contributed by atoms with Crippen molar-refractivity contribution in [2.75, 3.05) is 7.05 Å². The molecular weight excluding hydrogens is 303 g/mol. The van der Waals surface area contributed by atoms with Crippen LogP contribution in [-0.2, 0) is 7.05 Å². The van der Waals surface area contributed by atoms with Crippen molar-refractivity contribution in [1.29, 1.82) is 0 Å². The zero-order chi connectivity index (χ0) is 10.8. The van der Waals surface area contributed by atoms with Crippen LogP contribution in [0.25, 0.3) is 5.70 Å². The molecule has 0 saturated carbocycles. The van der Waals surface area contributed by atoms with Gasteiger partial charge in [-0.25, -0.2) is 4.99 Å². The summed E-state index contributed by atoms with van der Waals surface area (Å²) in [6.45, 7) is 0. The second-order valence-corrected chi connectivity index (χ2v) is 4.20. The summed E-state index contributed by atoms with van der Waals surface area (Å²) in [6.07, 6.45) is 7.49. The van der Waals surface area contributed by atoms with Crippen LogP contribution in [0.5, 0.6) is 0 Å². The summed E-state index contributed by atoms with van der Waals surface area (Å²) in [6, 6.07) is 1.99. The summed E-state index contributed by atoms with van der Waals surface area (Å²) < 4.78 is 7.03. The number of rotatable bonds is 1. The summed E-state index contributed by atoms with van der Waals surface area (Å²) >= 11 is 2.28. The number of aryl methyl sites for hydroxylation is 1. The average Bonchev–Trinajstić information content (AvgIpc) is 2.56. The van der Waals surface area contributed by atoms with Gasteiger partial charge in [0, 0.05) is 28.7 Å². The largest absolute Gasteiger partial charge is 0.281 e. The standard InChI is InChI=1S/C10H11IN4/c1-13-7-4-12-8-9(10(13)11)15-6-3-5-14(15)2/h3-6,8H,1-2H3/q+2. The van der Waals surface area contributed by atoms with Gasteiger partial charge >= 0.3 is 0 Å². The average molecular weight is 314 g/mol. The van der Waals surface area contributed by atoms with E-state index >= 15 is 0 Å². The zero-order valence-electron chi connectivity index (χ0n) is 8.55. The van der Waals surface area contributed by atoms with Crippen molar-refractivity contribution >= 4 is 40.4 Å². The molecule has 0 fully saturated rings. The molecule has 0 N–H and O–H groups in total. The maximum absolute atomic E-state index is 4.15. The third-order valence-electron chi connectivity index (χ3n) is 2.14. The number of nitrogens with zero attached hydrogens (tertiary/aromatic N) is 4. The first-order valence-corrected chi connectivity index (χ1v) is 5.56. The molecule has 0 amide bonds. The number of hydrogen-bond acceptors (Lipinski definition) is 1. The van der Waals surface area contributed by atoms with Gasteiger partial charge in [-0.2, -0.15) is 0 Å². The van der Waals surface area contributed by atoms with Crippen molar-refractivity contribution in [2.24, 2.45) is 12.0 Å². The predicted molar refractivity (Wildman–Crippen MR) is 67.1 cm³/mol. The number of aromatic nitrogens is 2. The van der Waals surface area contributed by atoms with Gasteiger partial charge in [-0.15, -0.1) is 13.9 Å². The fourth-order valence-electron chi connectivity index (χ4n) is 1.34. The van der Waals surface area contributed by atoms with Gasteiger partial charge in [-0.05, 0) is 0 Å². The van der Waals surface area contributed by atoms with Crippen molar-refractivity contribution in [3.63, 3.8) is 0 Å². The SMILES string of the molecule is C[N+]1=C=CN=CC(n2ccc[n+]2C)=C1I. The highest BCUT2D eigenvalue weighted by Crippen LogP contribution is 2.15. The van der Waals surface area contributed by atoms with Gasteiger partial charge in [0.2, 0.25) is 5.70 Å². The molecule has 1 aliphatic heterocycles. The minimum absolute atomic E-state index is 1.03. The minimum Gasteiger partial charge on any atom is -0.247 e. The molecule has 0 bridgehead atoms. The molecule has 4 nitrogen and oxygen atoms in total. The fraction of sp³-hybridized carbons (Fsp3) is 0.200. The van der Waals surface area contributed by atoms with Gasteiger partial charge in [0.15, 0.2) is 19.1 Å². The van der Waals surface area contributed by atoms with Crippen LogP contribution in [0.3, 0.4) is 0 Å². The summed E-state index contributed by atoms with van der Waals surface area (Å²) in [5, 5.41) is 0.